The molecule has 122 valence electrons. The molecule has 3 heterocycles. The molecule has 2 N–H and O–H groups in total. The van der Waals surface area contributed by atoms with E-state index in [1.165, 1.54) is 4.90 Å². The fourth-order valence-electron chi connectivity index (χ4n) is 3.58. The second-order valence-electron chi connectivity index (χ2n) is 6.18. The Balaban J connectivity index is 1.62. The Morgan fingerprint density at radius 3 is 2.71 bits per heavy atom. The molecule has 1 fully saturated rings. The topological polar surface area (TPSA) is 79.5 Å². The zero-order valence-corrected chi connectivity index (χ0v) is 13.2. The first-order chi connectivity index (χ1) is 11.7. The van der Waals surface area contributed by atoms with E-state index < -0.39 is 0 Å². The van der Waals surface area contributed by atoms with Crippen molar-refractivity contribution in [1.29, 1.82) is 0 Å². The molecule has 1 saturated heterocycles. The lowest BCUT2D eigenvalue weighted by Crippen LogP contribution is -2.50. The van der Waals surface area contributed by atoms with E-state index in [-0.39, 0.29) is 17.9 Å². The number of aromatic nitrogens is 1. The lowest BCUT2D eigenvalue weighted by atomic mass is 10.0. The molecule has 4 rings (SSSR count). The fourth-order valence-corrected chi connectivity index (χ4v) is 3.58. The van der Waals surface area contributed by atoms with Crippen LogP contribution in [-0.4, -0.2) is 40.8 Å². The van der Waals surface area contributed by atoms with E-state index in [1.807, 2.05) is 18.2 Å². The van der Waals surface area contributed by atoms with Crippen LogP contribution < -0.4 is 10.6 Å². The lowest BCUT2D eigenvalue weighted by molar-refractivity contribution is 0.0570. The van der Waals surface area contributed by atoms with Gasteiger partial charge in [0.2, 0.25) is 0 Å². The standard InChI is InChI=1S/C18H18N4O2/c19-14-7-3-6-13-16(14)18(24)22(17(13)23)12-5-4-10-21(11-12)15-8-1-2-9-20-15/h1-3,6-9,12H,4-5,10-11,19H2/t12-/m0/s1. The molecule has 1 atom stereocenters. The number of amides is 2. The second kappa shape index (κ2) is 5.63. The summed E-state index contributed by atoms with van der Waals surface area (Å²) in [6.45, 7) is 1.47. The van der Waals surface area contributed by atoms with Crippen LogP contribution in [0.3, 0.4) is 0 Å². The van der Waals surface area contributed by atoms with Gasteiger partial charge in [0.15, 0.2) is 0 Å². The van der Waals surface area contributed by atoms with Crippen LogP contribution in [0.4, 0.5) is 11.5 Å². The van der Waals surface area contributed by atoms with E-state index in [0.29, 0.717) is 23.4 Å². The second-order valence-corrected chi connectivity index (χ2v) is 6.18. The number of rotatable bonds is 2. The monoisotopic (exact) mass is 322 g/mol. The predicted molar refractivity (Wildman–Crippen MR) is 90.8 cm³/mol. The Bertz CT molecular complexity index is 806. The summed E-state index contributed by atoms with van der Waals surface area (Å²) in [5.74, 6) is 0.356. The normalized spacial score (nSPS) is 20.4. The number of pyridine rings is 1. The molecule has 6 nitrogen and oxygen atoms in total. The number of carbonyl (C=O) groups excluding carboxylic acids is 2. The molecular weight excluding hydrogens is 304 g/mol. The van der Waals surface area contributed by atoms with E-state index >= 15 is 0 Å². The van der Waals surface area contributed by atoms with Gasteiger partial charge in [0.25, 0.3) is 11.8 Å². The highest BCUT2D eigenvalue weighted by molar-refractivity contribution is 6.23. The van der Waals surface area contributed by atoms with Crippen molar-refractivity contribution < 1.29 is 9.59 Å². The minimum atomic E-state index is -0.277. The fraction of sp³-hybridized carbons (Fsp3) is 0.278. The van der Waals surface area contributed by atoms with Gasteiger partial charge in [-0.25, -0.2) is 4.98 Å². The third-order valence-corrected chi connectivity index (χ3v) is 4.71. The molecule has 0 aliphatic carbocycles. The molecule has 0 spiro atoms. The number of hydrogen-bond acceptors (Lipinski definition) is 5. The van der Waals surface area contributed by atoms with E-state index in [4.69, 9.17) is 5.73 Å². The first-order valence-electron chi connectivity index (χ1n) is 8.09. The van der Waals surface area contributed by atoms with Crippen LogP contribution in [0.5, 0.6) is 0 Å². The molecule has 0 bridgehead atoms. The average molecular weight is 322 g/mol. The van der Waals surface area contributed by atoms with Crippen LogP contribution >= 0.6 is 0 Å². The van der Waals surface area contributed by atoms with Crippen molar-refractivity contribution in [3.05, 3.63) is 53.7 Å². The first kappa shape index (κ1) is 14.7. The maximum Gasteiger partial charge on any atom is 0.263 e. The molecule has 6 heteroatoms. The number of nitrogen functional groups attached to an aromatic ring is 1. The Labute approximate surface area is 139 Å². The highest BCUT2D eigenvalue weighted by Crippen LogP contribution is 2.31. The summed E-state index contributed by atoms with van der Waals surface area (Å²) in [5.41, 5.74) is 7.04. The minimum absolute atomic E-state index is 0.160. The van der Waals surface area contributed by atoms with Crippen molar-refractivity contribution >= 4 is 23.3 Å². The van der Waals surface area contributed by atoms with Crippen molar-refractivity contribution in [2.45, 2.75) is 18.9 Å². The van der Waals surface area contributed by atoms with E-state index in [2.05, 4.69) is 9.88 Å². The van der Waals surface area contributed by atoms with Crippen LogP contribution in [-0.2, 0) is 0 Å². The summed E-state index contributed by atoms with van der Waals surface area (Å²) < 4.78 is 0. The summed E-state index contributed by atoms with van der Waals surface area (Å²) in [4.78, 5) is 33.4. The average Bonchev–Trinajstić information content (AvgIpc) is 2.88. The molecule has 2 aliphatic rings. The number of anilines is 2. The van der Waals surface area contributed by atoms with Crippen LogP contribution in [0.2, 0.25) is 0 Å². The molecule has 0 saturated carbocycles. The molecule has 1 aromatic heterocycles. The quantitative estimate of drug-likeness (QED) is 0.675. The smallest absolute Gasteiger partial charge is 0.263 e. The molecule has 2 aliphatic heterocycles. The largest absolute Gasteiger partial charge is 0.398 e. The van der Waals surface area contributed by atoms with Gasteiger partial charge in [-0.1, -0.05) is 12.1 Å². The van der Waals surface area contributed by atoms with Gasteiger partial charge < -0.3 is 10.6 Å². The maximum absolute atomic E-state index is 12.8. The third-order valence-electron chi connectivity index (χ3n) is 4.71. The molecule has 0 unspecified atom stereocenters. The van der Waals surface area contributed by atoms with Gasteiger partial charge in [-0.05, 0) is 37.1 Å². The van der Waals surface area contributed by atoms with Gasteiger partial charge in [-0.2, -0.15) is 0 Å². The van der Waals surface area contributed by atoms with Crippen molar-refractivity contribution in [1.82, 2.24) is 9.88 Å². The first-order valence-corrected chi connectivity index (χ1v) is 8.09. The molecule has 0 radical (unpaired) electrons. The van der Waals surface area contributed by atoms with Crippen LogP contribution in [0.15, 0.2) is 42.6 Å². The van der Waals surface area contributed by atoms with E-state index in [1.54, 1.807) is 24.4 Å². The van der Waals surface area contributed by atoms with Gasteiger partial charge in [0, 0.05) is 25.0 Å². The molecule has 24 heavy (non-hydrogen) atoms. The van der Waals surface area contributed by atoms with Gasteiger partial charge >= 0.3 is 0 Å². The Morgan fingerprint density at radius 2 is 1.96 bits per heavy atom. The Kier molecular flexibility index (Phi) is 3.45. The summed E-state index contributed by atoms with van der Waals surface area (Å²) in [6.07, 6.45) is 3.46. The van der Waals surface area contributed by atoms with Gasteiger partial charge in [0.05, 0.1) is 17.2 Å². The lowest BCUT2D eigenvalue weighted by Gasteiger charge is -2.37. The van der Waals surface area contributed by atoms with Crippen molar-refractivity contribution in [3.8, 4) is 0 Å². The number of fused-ring (bicyclic) bond motifs is 1. The highest BCUT2D eigenvalue weighted by Gasteiger charge is 2.42. The summed E-state index contributed by atoms with van der Waals surface area (Å²) in [7, 11) is 0. The van der Waals surface area contributed by atoms with Crippen LogP contribution in [0.25, 0.3) is 0 Å². The Hall–Kier alpha value is -2.89. The number of nitrogens with zero attached hydrogens (tertiary/aromatic N) is 3. The molecular formula is C18H18N4O2. The number of imide groups is 1. The number of piperidine rings is 1. The van der Waals surface area contributed by atoms with E-state index in [0.717, 1.165) is 25.2 Å². The molecule has 2 amide bonds. The molecule has 1 aromatic carbocycles. The predicted octanol–water partition coefficient (Wildman–Crippen LogP) is 1.93. The Morgan fingerprint density at radius 1 is 1.08 bits per heavy atom. The third kappa shape index (κ3) is 2.22. The maximum atomic E-state index is 12.8. The van der Waals surface area contributed by atoms with Crippen molar-refractivity contribution in [3.63, 3.8) is 0 Å². The van der Waals surface area contributed by atoms with Gasteiger partial charge in [0.1, 0.15) is 5.82 Å². The van der Waals surface area contributed by atoms with Gasteiger partial charge in [-0.3, -0.25) is 14.5 Å². The summed E-state index contributed by atoms with van der Waals surface area (Å²) in [6, 6.07) is 10.6. The number of benzene rings is 1. The van der Waals surface area contributed by atoms with Crippen molar-refractivity contribution in [2.75, 3.05) is 23.7 Å². The highest BCUT2D eigenvalue weighted by atomic mass is 16.2. The zero-order chi connectivity index (χ0) is 16.7. The minimum Gasteiger partial charge on any atom is -0.398 e. The van der Waals surface area contributed by atoms with Crippen molar-refractivity contribution in [2.24, 2.45) is 0 Å². The molecule has 2 aromatic rings. The number of nitrogens with two attached hydrogens (primary N) is 1. The number of carbonyl (C=O) groups is 2. The summed E-state index contributed by atoms with van der Waals surface area (Å²) >= 11 is 0. The van der Waals surface area contributed by atoms with Gasteiger partial charge in [-0.15, -0.1) is 0 Å². The van der Waals surface area contributed by atoms with Crippen LogP contribution in [0.1, 0.15) is 33.6 Å². The summed E-state index contributed by atoms with van der Waals surface area (Å²) in [5, 5.41) is 0. The van der Waals surface area contributed by atoms with E-state index in [9.17, 15) is 9.59 Å². The number of hydrogen-bond donors (Lipinski definition) is 1. The van der Waals surface area contributed by atoms with Crippen LogP contribution in [0, 0.1) is 0 Å². The zero-order valence-electron chi connectivity index (χ0n) is 13.2. The SMILES string of the molecule is Nc1cccc2c1C(=O)N([C@H]1CCCN(c3ccccn3)C1)C2=O.